The van der Waals surface area contributed by atoms with Crippen LogP contribution in [0.4, 0.5) is 5.69 Å². The standard InChI is InChI=1S/C25H29ClN4O2S/c1-5-29-16(2)14-19(17(29)3)24-23(21-8-6-7-11-27-21)28-25(33)30(24)18-9-10-22(20(26)15-18)32-13-12-31-4/h6-11,14-15,23-24H,5,12-13H2,1-4H3,(H,28,33)/t23-,24-/m1/s1. The molecule has 3 heterocycles. The summed E-state index contributed by atoms with van der Waals surface area (Å²) < 4.78 is 13.1. The number of thiocarbonyl (C=S) groups is 1. The number of methoxy groups -OCH3 is 1. The molecule has 2 aromatic heterocycles. The molecule has 33 heavy (non-hydrogen) atoms. The number of nitrogens with zero attached hydrogens (tertiary/aromatic N) is 3. The summed E-state index contributed by atoms with van der Waals surface area (Å²) in [6.07, 6.45) is 1.82. The van der Waals surface area contributed by atoms with E-state index in [0.717, 1.165) is 17.9 Å². The van der Waals surface area contributed by atoms with Crippen molar-refractivity contribution >= 4 is 34.6 Å². The molecule has 4 rings (SSSR count). The summed E-state index contributed by atoms with van der Waals surface area (Å²) in [7, 11) is 1.64. The van der Waals surface area contributed by atoms with Crippen LogP contribution in [0.3, 0.4) is 0 Å². The monoisotopic (exact) mass is 484 g/mol. The van der Waals surface area contributed by atoms with E-state index in [4.69, 9.17) is 33.3 Å². The molecule has 0 amide bonds. The summed E-state index contributed by atoms with van der Waals surface area (Å²) in [4.78, 5) is 6.78. The lowest BCUT2D eigenvalue weighted by Crippen LogP contribution is -2.29. The fourth-order valence-corrected chi connectivity index (χ4v) is 5.13. The first-order chi connectivity index (χ1) is 16.0. The molecule has 0 aliphatic carbocycles. The van der Waals surface area contributed by atoms with Gasteiger partial charge < -0.3 is 24.3 Å². The number of aromatic nitrogens is 2. The first-order valence-electron chi connectivity index (χ1n) is 11.0. The number of ether oxygens (including phenoxy) is 2. The van der Waals surface area contributed by atoms with Crippen molar-refractivity contribution in [1.82, 2.24) is 14.9 Å². The Morgan fingerprint density at radius 3 is 2.61 bits per heavy atom. The molecule has 1 fully saturated rings. The second-order valence-corrected chi connectivity index (χ2v) is 8.82. The van der Waals surface area contributed by atoms with Gasteiger partial charge in [0.15, 0.2) is 5.11 Å². The quantitative estimate of drug-likeness (QED) is 0.342. The lowest BCUT2D eigenvalue weighted by molar-refractivity contribution is 0.146. The SMILES string of the molecule is CCn1c(C)cc([C@@H]2[C@@H](c3ccccn3)NC(=S)N2c2ccc(OCCOC)c(Cl)c2)c1C. The van der Waals surface area contributed by atoms with Crippen LogP contribution >= 0.6 is 23.8 Å². The Bertz CT molecular complexity index is 1130. The van der Waals surface area contributed by atoms with Crippen molar-refractivity contribution in [3.05, 3.63) is 76.3 Å². The van der Waals surface area contributed by atoms with Crippen LogP contribution < -0.4 is 15.0 Å². The summed E-state index contributed by atoms with van der Waals surface area (Å²) in [5.41, 5.74) is 5.51. The molecule has 0 saturated carbocycles. The lowest BCUT2D eigenvalue weighted by Gasteiger charge is -2.28. The number of pyridine rings is 1. The molecular weight excluding hydrogens is 456 g/mol. The van der Waals surface area contributed by atoms with Crippen molar-refractivity contribution in [3.63, 3.8) is 0 Å². The van der Waals surface area contributed by atoms with Gasteiger partial charge in [-0.2, -0.15) is 0 Å². The summed E-state index contributed by atoms with van der Waals surface area (Å²) in [5, 5.41) is 4.68. The molecule has 3 aromatic rings. The molecule has 0 spiro atoms. The Kier molecular flexibility index (Phi) is 7.22. The molecule has 0 bridgehead atoms. The Morgan fingerprint density at radius 2 is 1.97 bits per heavy atom. The average molecular weight is 485 g/mol. The number of aryl methyl sites for hydroxylation is 1. The van der Waals surface area contributed by atoms with E-state index in [-0.39, 0.29) is 12.1 Å². The molecule has 174 valence electrons. The molecule has 1 saturated heterocycles. The first-order valence-corrected chi connectivity index (χ1v) is 11.8. The zero-order chi connectivity index (χ0) is 23.5. The van der Waals surface area contributed by atoms with Gasteiger partial charge in [-0.25, -0.2) is 0 Å². The smallest absolute Gasteiger partial charge is 0.174 e. The topological polar surface area (TPSA) is 51.6 Å². The van der Waals surface area contributed by atoms with Gasteiger partial charge in [-0.15, -0.1) is 0 Å². The predicted molar refractivity (Wildman–Crippen MR) is 136 cm³/mol. The molecule has 0 unspecified atom stereocenters. The summed E-state index contributed by atoms with van der Waals surface area (Å²) in [5.74, 6) is 0.623. The van der Waals surface area contributed by atoms with E-state index in [9.17, 15) is 0 Å². The van der Waals surface area contributed by atoms with Crippen LogP contribution in [0.15, 0.2) is 48.7 Å². The van der Waals surface area contributed by atoms with E-state index < -0.39 is 0 Å². The molecule has 0 radical (unpaired) electrons. The molecule has 6 nitrogen and oxygen atoms in total. The Morgan fingerprint density at radius 1 is 1.15 bits per heavy atom. The Hall–Kier alpha value is -2.61. The zero-order valence-corrected chi connectivity index (χ0v) is 20.9. The average Bonchev–Trinajstić information content (AvgIpc) is 3.30. The second-order valence-electron chi connectivity index (χ2n) is 8.02. The Labute approximate surface area is 205 Å². The zero-order valence-electron chi connectivity index (χ0n) is 19.3. The molecule has 1 aromatic carbocycles. The lowest BCUT2D eigenvalue weighted by atomic mass is 9.96. The van der Waals surface area contributed by atoms with Crippen molar-refractivity contribution < 1.29 is 9.47 Å². The first kappa shape index (κ1) is 23.5. The third-order valence-corrected chi connectivity index (χ3v) is 6.69. The third kappa shape index (κ3) is 4.58. The molecule has 1 N–H and O–H groups in total. The van der Waals surface area contributed by atoms with Crippen LogP contribution in [0, 0.1) is 13.8 Å². The van der Waals surface area contributed by atoms with Crippen molar-refractivity contribution in [3.8, 4) is 5.75 Å². The highest BCUT2D eigenvalue weighted by Gasteiger charge is 2.42. The van der Waals surface area contributed by atoms with E-state index in [1.165, 1.54) is 17.0 Å². The van der Waals surface area contributed by atoms with Gasteiger partial charge in [0.2, 0.25) is 0 Å². The molecule has 2 atom stereocenters. The molecular formula is C25H29ClN4O2S. The second kappa shape index (κ2) is 10.1. The van der Waals surface area contributed by atoms with Crippen LogP contribution in [0.1, 0.15) is 41.7 Å². The molecule has 1 aliphatic rings. The van der Waals surface area contributed by atoms with Crippen LogP contribution in [0.2, 0.25) is 5.02 Å². The van der Waals surface area contributed by atoms with Gasteiger partial charge in [-0.05, 0) is 75.0 Å². The van der Waals surface area contributed by atoms with E-state index in [1.54, 1.807) is 7.11 Å². The van der Waals surface area contributed by atoms with Gasteiger partial charge >= 0.3 is 0 Å². The Balaban J connectivity index is 1.77. The minimum Gasteiger partial charge on any atom is -0.490 e. The van der Waals surface area contributed by atoms with Crippen molar-refractivity contribution in [2.24, 2.45) is 0 Å². The summed E-state index contributed by atoms with van der Waals surface area (Å²) >= 11 is 12.4. The van der Waals surface area contributed by atoms with Gasteiger partial charge in [0.25, 0.3) is 0 Å². The van der Waals surface area contributed by atoms with E-state index in [2.05, 4.69) is 46.6 Å². The maximum atomic E-state index is 6.59. The maximum Gasteiger partial charge on any atom is 0.174 e. The van der Waals surface area contributed by atoms with Gasteiger partial charge in [0.1, 0.15) is 12.4 Å². The van der Waals surface area contributed by atoms with Crippen LogP contribution in [0.5, 0.6) is 5.75 Å². The number of nitrogens with one attached hydrogen (secondary N) is 1. The largest absolute Gasteiger partial charge is 0.490 e. The van der Waals surface area contributed by atoms with Crippen LogP contribution in [-0.4, -0.2) is 35.0 Å². The number of benzene rings is 1. The maximum absolute atomic E-state index is 6.59. The van der Waals surface area contributed by atoms with E-state index >= 15 is 0 Å². The van der Waals surface area contributed by atoms with Gasteiger partial charge in [0, 0.05) is 36.9 Å². The summed E-state index contributed by atoms with van der Waals surface area (Å²) in [6, 6.07) is 13.8. The highest BCUT2D eigenvalue weighted by molar-refractivity contribution is 7.80. The van der Waals surface area contributed by atoms with Gasteiger partial charge in [-0.3, -0.25) is 4.98 Å². The number of rotatable bonds is 8. The number of anilines is 1. The fourth-order valence-electron chi connectivity index (χ4n) is 4.55. The van der Waals surface area contributed by atoms with Crippen LogP contribution in [0.25, 0.3) is 0 Å². The molecule has 1 aliphatic heterocycles. The normalized spacial score (nSPS) is 18.0. The highest BCUT2D eigenvalue weighted by Crippen LogP contribution is 2.44. The van der Waals surface area contributed by atoms with Crippen molar-refractivity contribution in [2.45, 2.75) is 39.4 Å². The predicted octanol–water partition coefficient (Wildman–Crippen LogP) is 5.38. The minimum absolute atomic E-state index is 0.0739. The van der Waals surface area contributed by atoms with Gasteiger partial charge in [0.05, 0.1) is 29.4 Å². The van der Waals surface area contributed by atoms with Crippen molar-refractivity contribution in [1.29, 1.82) is 0 Å². The summed E-state index contributed by atoms with van der Waals surface area (Å²) in [6.45, 7) is 8.32. The minimum atomic E-state index is -0.0964. The number of hydrogen-bond donors (Lipinski definition) is 1. The van der Waals surface area contributed by atoms with Crippen LogP contribution in [-0.2, 0) is 11.3 Å². The molecule has 8 heteroatoms. The number of hydrogen-bond acceptors (Lipinski definition) is 4. The highest BCUT2D eigenvalue weighted by atomic mass is 35.5. The number of halogens is 1. The van der Waals surface area contributed by atoms with Crippen molar-refractivity contribution in [2.75, 3.05) is 25.2 Å². The van der Waals surface area contributed by atoms with E-state index in [0.29, 0.717) is 29.1 Å². The van der Waals surface area contributed by atoms with Gasteiger partial charge in [-0.1, -0.05) is 17.7 Å². The fraction of sp³-hybridized carbons (Fsp3) is 0.360. The van der Waals surface area contributed by atoms with E-state index in [1.807, 2.05) is 42.6 Å². The third-order valence-electron chi connectivity index (χ3n) is 6.08.